The summed E-state index contributed by atoms with van der Waals surface area (Å²) in [4.78, 5) is 0. The molecular weight excluding hydrogens is 226 g/mol. The first-order chi connectivity index (χ1) is 7.65. The Morgan fingerprint density at radius 1 is 1.44 bits per heavy atom. The van der Waals surface area contributed by atoms with Crippen LogP contribution in [0.4, 0.5) is 5.69 Å². The molecule has 16 heavy (non-hydrogen) atoms. The number of rotatable bonds is 6. The van der Waals surface area contributed by atoms with Gasteiger partial charge in [0.05, 0.1) is 19.8 Å². The molecule has 0 aliphatic heterocycles. The largest absolute Gasteiger partial charge is 0.497 e. The predicted octanol–water partition coefficient (Wildman–Crippen LogP) is 0.864. The zero-order valence-corrected chi connectivity index (χ0v) is 10.0. The molecule has 0 aromatic heterocycles. The molecule has 1 rings (SSSR count). The van der Waals surface area contributed by atoms with Gasteiger partial charge in [-0.15, -0.1) is 0 Å². The SMILES string of the molecule is COc1cc(N)cc(CSCC(O)CO)c1. The van der Waals surface area contributed by atoms with Crippen molar-refractivity contribution in [2.75, 3.05) is 25.2 Å². The van der Waals surface area contributed by atoms with Gasteiger partial charge in [0.1, 0.15) is 5.75 Å². The van der Waals surface area contributed by atoms with Gasteiger partial charge in [-0.25, -0.2) is 0 Å². The second-order valence-corrected chi connectivity index (χ2v) is 4.50. The molecule has 0 saturated carbocycles. The highest BCUT2D eigenvalue weighted by Gasteiger charge is 2.03. The molecule has 1 unspecified atom stereocenters. The fraction of sp³-hybridized carbons (Fsp3) is 0.455. The number of nitrogen functional groups attached to an aromatic ring is 1. The van der Waals surface area contributed by atoms with Crippen LogP contribution in [0.2, 0.25) is 0 Å². The first-order valence-electron chi connectivity index (χ1n) is 4.95. The highest BCUT2D eigenvalue weighted by molar-refractivity contribution is 7.98. The van der Waals surface area contributed by atoms with Crippen molar-refractivity contribution in [1.82, 2.24) is 0 Å². The molecule has 0 aliphatic rings. The number of anilines is 1. The van der Waals surface area contributed by atoms with Gasteiger partial charge < -0.3 is 20.7 Å². The van der Waals surface area contributed by atoms with Crippen molar-refractivity contribution < 1.29 is 14.9 Å². The molecular formula is C11H17NO3S. The molecule has 4 nitrogen and oxygen atoms in total. The zero-order chi connectivity index (χ0) is 12.0. The molecule has 0 saturated heterocycles. The van der Waals surface area contributed by atoms with Crippen LogP contribution in [0.15, 0.2) is 18.2 Å². The quantitative estimate of drug-likeness (QED) is 0.646. The first-order valence-corrected chi connectivity index (χ1v) is 6.11. The Hall–Kier alpha value is -0.910. The second kappa shape index (κ2) is 6.62. The minimum Gasteiger partial charge on any atom is -0.497 e. The third kappa shape index (κ3) is 4.30. The van der Waals surface area contributed by atoms with Crippen LogP contribution in [0.3, 0.4) is 0 Å². The molecule has 4 N–H and O–H groups in total. The van der Waals surface area contributed by atoms with Crippen LogP contribution in [0, 0.1) is 0 Å². The lowest BCUT2D eigenvalue weighted by Gasteiger charge is -2.08. The number of ether oxygens (including phenoxy) is 1. The van der Waals surface area contributed by atoms with E-state index in [9.17, 15) is 5.11 Å². The summed E-state index contributed by atoms with van der Waals surface area (Å²) in [5, 5.41) is 17.8. The molecule has 1 aromatic carbocycles. The Morgan fingerprint density at radius 2 is 2.19 bits per heavy atom. The number of hydrogen-bond donors (Lipinski definition) is 3. The zero-order valence-electron chi connectivity index (χ0n) is 9.22. The summed E-state index contributed by atoms with van der Waals surface area (Å²) in [6.45, 7) is -0.201. The molecule has 5 heteroatoms. The van der Waals surface area contributed by atoms with Crippen LogP contribution >= 0.6 is 11.8 Å². The lowest BCUT2D eigenvalue weighted by atomic mass is 10.2. The summed E-state index contributed by atoms with van der Waals surface area (Å²) >= 11 is 1.55. The van der Waals surface area contributed by atoms with Gasteiger partial charge in [0.15, 0.2) is 0 Å². The Kier molecular flexibility index (Phi) is 5.45. The van der Waals surface area contributed by atoms with Crippen LogP contribution in [-0.2, 0) is 5.75 Å². The molecule has 0 amide bonds. The predicted molar refractivity (Wildman–Crippen MR) is 66.7 cm³/mol. The van der Waals surface area contributed by atoms with E-state index in [1.807, 2.05) is 12.1 Å². The summed E-state index contributed by atoms with van der Waals surface area (Å²) in [6, 6.07) is 5.55. The van der Waals surface area contributed by atoms with E-state index in [1.54, 1.807) is 24.9 Å². The highest BCUT2D eigenvalue weighted by Crippen LogP contribution is 2.22. The standard InChI is InChI=1S/C11H17NO3S/c1-15-11-3-8(2-9(12)4-11)6-16-7-10(14)5-13/h2-4,10,13-14H,5-7,12H2,1H3. The van der Waals surface area contributed by atoms with E-state index >= 15 is 0 Å². The van der Waals surface area contributed by atoms with Gasteiger partial charge in [0.2, 0.25) is 0 Å². The average Bonchev–Trinajstić information content (AvgIpc) is 2.28. The monoisotopic (exact) mass is 243 g/mol. The number of aliphatic hydroxyl groups excluding tert-OH is 2. The summed E-state index contributed by atoms with van der Waals surface area (Å²) in [6.07, 6.45) is -0.659. The number of aliphatic hydroxyl groups is 2. The maximum atomic E-state index is 9.17. The van der Waals surface area contributed by atoms with E-state index < -0.39 is 6.10 Å². The number of hydrogen-bond acceptors (Lipinski definition) is 5. The second-order valence-electron chi connectivity index (χ2n) is 3.47. The van der Waals surface area contributed by atoms with Gasteiger partial charge >= 0.3 is 0 Å². The maximum Gasteiger partial charge on any atom is 0.121 e. The minimum absolute atomic E-state index is 0.201. The van der Waals surface area contributed by atoms with E-state index in [0.717, 1.165) is 17.1 Å². The van der Waals surface area contributed by atoms with Gasteiger partial charge in [-0.1, -0.05) is 0 Å². The van der Waals surface area contributed by atoms with Crippen molar-refractivity contribution in [3.63, 3.8) is 0 Å². The van der Waals surface area contributed by atoms with Crippen molar-refractivity contribution >= 4 is 17.4 Å². The summed E-state index contributed by atoms with van der Waals surface area (Å²) < 4.78 is 5.11. The molecule has 0 radical (unpaired) electrons. The molecule has 90 valence electrons. The molecule has 0 heterocycles. The van der Waals surface area contributed by atoms with Crippen molar-refractivity contribution in [3.05, 3.63) is 23.8 Å². The van der Waals surface area contributed by atoms with Crippen molar-refractivity contribution in [3.8, 4) is 5.75 Å². The topological polar surface area (TPSA) is 75.7 Å². The highest BCUT2D eigenvalue weighted by atomic mass is 32.2. The molecule has 0 spiro atoms. The third-order valence-corrected chi connectivity index (χ3v) is 3.17. The summed E-state index contributed by atoms with van der Waals surface area (Å²) in [7, 11) is 1.60. The van der Waals surface area contributed by atoms with E-state index in [1.165, 1.54) is 0 Å². The van der Waals surface area contributed by atoms with Crippen LogP contribution in [0.1, 0.15) is 5.56 Å². The summed E-state index contributed by atoms with van der Waals surface area (Å²) in [5.74, 6) is 1.98. The average molecular weight is 243 g/mol. The maximum absolute atomic E-state index is 9.17. The molecule has 0 bridgehead atoms. The van der Waals surface area contributed by atoms with E-state index in [2.05, 4.69) is 0 Å². The van der Waals surface area contributed by atoms with Crippen LogP contribution in [0.25, 0.3) is 0 Å². The Bertz CT molecular complexity index is 333. The fourth-order valence-corrected chi connectivity index (χ4v) is 2.15. The van der Waals surface area contributed by atoms with Crippen LogP contribution < -0.4 is 10.5 Å². The van der Waals surface area contributed by atoms with Gasteiger partial charge in [-0.3, -0.25) is 0 Å². The van der Waals surface area contributed by atoms with E-state index in [0.29, 0.717) is 11.4 Å². The first kappa shape index (κ1) is 13.2. The fourth-order valence-electron chi connectivity index (χ4n) is 1.25. The molecule has 1 atom stereocenters. The lowest BCUT2D eigenvalue weighted by molar-refractivity contribution is 0.113. The van der Waals surface area contributed by atoms with Crippen LogP contribution in [-0.4, -0.2) is 35.8 Å². The molecule has 1 aromatic rings. The van der Waals surface area contributed by atoms with Gasteiger partial charge in [-0.05, 0) is 17.7 Å². The molecule has 0 fully saturated rings. The van der Waals surface area contributed by atoms with E-state index in [4.69, 9.17) is 15.6 Å². The minimum atomic E-state index is -0.659. The number of methoxy groups -OCH3 is 1. The molecule has 0 aliphatic carbocycles. The van der Waals surface area contributed by atoms with Crippen molar-refractivity contribution in [2.45, 2.75) is 11.9 Å². The van der Waals surface area contributed by atoms with Gasteiger partial charge in [-0.2, -0.15) is 11.8 Å². The number of thioether (sulfide) groups is 1. The Labute approximate surface area is 99.4 Å². The number of nitrogens with two attached hydrogens (primary N) is 1. The van der Waals surface area contributed by atoms with Crippen LogP contribution in [0.5, 0.6) is 5.75 Å². The normalized spacial score (nSPS) is 12.4. The Balaban J connectivity index is 2.50. The van der Waals surface area contributed by atoms with Gasteiger partial charge in [0.25, 0.3) is 0 Å². The van der Waals surface area contributed by atoms with Gasteiger partial charge in [0, 0.05) is 23.3 Å². The Morgan fingerprint density at radius 3 is 2.81 bits per heavy atom. The number of benzene rings is 1. The van der Waals surface area contributed by atoms with Crippen molar-refractivity contribution in [2.24, 2.45) is 0 Å². The van der Waals surface area contributed by atoms with Crippen molar-refractivity contribution in [1.29, 1.82) is 0 Å². The van der Waals surface area contributed by atoms with E-state index in [-0.39, 0.29) is 6.61 Å². The smallest absolute Gasteiger partial charge is 0.121 e. The third-order valence-electron chi connectivity index (χ3n) is 2.01. The summed E-state index contributed by atoms with van der Waals surface area (Å²) in [5.41, 5.74) is 7.43. The lowest BCUT2D eigenvalue weighted by Crippen LogP contribution is -2.14.